The van der Waals surface area contributed by atoms with Crippen LogP contribution in [0.15, 0.2) is 65.6 Å². The Hall–Kier alpha value is -2.60. The van der Waals surface area contributed by atoms with Gasteiger partial charge in [0.05, 0.1) is 4.90 Å². The van der Waals surface area contributed by atoms with E-state index in [2.05, 4.69) is 0 Å². The van der Waals surface area contributed by atoms with Gasteiger partial charge in [0.25, 0.3) is 0 Å². The lowest BCUT2D eigenvalue weighted by molar-refractivity contribution is 0.511. The fraction of sp³-hybridized carbons (Fsp3) is 0.0526. The molecule has 3 aromatic rings. The molecule has 0 bridgehead atoms. The van der Waals surface area contributed by atoms with Gasteiger partial charge in [-0.2, -0.15) is 0 Å². The van der Waals surface area contributed by atoms with E-state index in [0.29, 0.717) is 16.7 Å². The molecule has 2 nitrogen and oxygen atoms in total. The normalized spacial score (nSPS) is 11.5. The zero-order valence-electron chi connectivity index (χ0n) is 13.1. The third kappa shape index (κ3) is 3.44. The van der Waals surface area contributed by atoms with Crippen LogP contribution in [-0.4, -0.2) is 14.7 Å². The maximum absolute atomic E-state index is 14.4. The topological polar surface area (TPSA) is 34.1 Å². The van der Waals surface area contributed by atoms with E-state index in [0.717, 1.165) is 24.5 Å². The maximum Gasteiger partial charge on any atom is 0.175 e. The fourth-order valence-electron chi connectivity index (χ4n) is 2.57. The van der Waals surface area contributed by atoms with E-state index in [-0.39, 0.29) is 10.5 Å². The summed E-state index contributed by atoms with van der Waals surface area (Å²) in [6.07, 6.45) is 1.09. The van der Waals surface area contributed by atoms with Gasteiger partial charge in [-0.25, -0.2) is 21.6 Å². The largest absolute Gasteiger partial charge is 0.224 e. The molecule has 0 saturated carbocycles. The van der Waals surface area contributed by atoms with Crippen LogP contribution in [-0.2, 0) is 9.84 Å². The molecule has 128 valence electrons. The van der Waals surface area contributed by atoms with Crippen molar-refractivity contribution in [3.63, 3.8) is 0 Å². The van der Waals surface area contributed by atoms with E-state index in [9.17, 15) is 21.6 Å². The highest BCUT2D eigenvalue weighted by Gasteiger charge is 2.17. The molecule has 6 heteroatoms. The Morgan fingerprint density at radius 3 is 1.84 bits per heavy atom. The highest BCUT2D eigenvalue weighted by atomic mass is 32.2. The molecule has 0 aliphatic heterocycles. The van der Waals surface area contributed by atoms with Crippen molar-refractivity contribution < 1.29 is 21.6 Å². The van der Waals surface area contributed by atoms with Gasteiger partial charge in [-0.1, -0.05) is 30.3 Å². The van der Waals surface area contributed by atoms with Crippen LogP contribution in [0.4, 0.5) is 13.2 Å². The Bertz CT molecular complexity index is 1030. The SMILES string of the molecule is CS(=O)(=O)c1ccc(-c2ccc(F)c(F)c2-c2ccc(F)cc2)cc1. The summed E-state index contributed by atoms with van der Waals surface area (Å²) in [6, 6.07) is 13.3. The van der Waals surface area contributed by atoms with Crippen molar-refractivity contribution in [3.8, 4) is 22.3 Å². The van der Waals surface area contributed by atoms with E-state index in [1.807, 2.05) is 0 Å². The summed E-state index contributed by atoms with van der Waals surface area (Å²) in [6.45, 7) is 0. The van der Waals surface area contributed by atoms with Gasteiger partial charge in [0.2, 0.25) is 0 Å². The number of benzene rings is 3. The molecule has 0 heterocycles. The molecule has 0 saturated heterocycles. The molecule has 0 aliphatic rings. The summed E-state index contributed by atoms with van der Waals surface area (Å²) in [4.78, 5) is 0.127. The second-order valence-electron chi connectivity index (χ2n) is 5.59. The molecular weight excluding hydrogens is 349 g/mol. The first-order chi connectivity index (χ1) is 11.8. The molecule has 0 spiro atoms. The molecular formula is C19H13F3O2S. The summed E-state index contributed by atoms with van der Waals surface area (Å²) in [5.41, 5.74) is 1.21. The first-order valence-electron chi connectivity index (χ1n) is 7.32. The molecule has 0 amide bonds. The van der Waals surface area contributed by atoms with Crippen LogP contribution >= 0.6 is 0 Å². The van der Waals surface area contributed by atoms with Gasteiger partial charge in [0, 0.05) is 11.8 Å². The standard InChI is InChI=1S/C19H13F3O2S/c1-25(23,24)15-8-4-12(5-9-15)16-10-11-17(21)19(22)18(16)13-2-6-14(20)7-3-13/h2-11H,1H3. The Balaban J connectivity index is 2.20. The predicted molar refractivity (Wildman–Crippen MR) is 90.3 cm³/mol. The van der Waals surface area contributed by atoms with Crippen molar-refractivity contribution >= 4 is 9.84 Å². The van der Waals surface area contributed by atoms with Crippen molar-refractivity contribution in [2.75, 3.05) is 6.26 Å². The summed E-state index contributed by atoms with van der Waals surface area (Å²) in [5.74, 6) is -2.55. The van der Waals surface area contributed by atoms with Crippen molar-refractivity contribution in [2.45, 2.75) is 4.90 Å². The lowest BCUT2D eigenvalue weighted by atomic mass is 9.94. The monoisotopic (exact) mass is 362 g/mol. The average molecular weight is 362 g/mol. The molecule has 0 unspecified atom stereocenters. The van der Waals surface area contributed by atoms with Gasteiger partial charge in [-0.15, -0.1) is 0 Å². The van der Waals surface area contributed by atoms with Crippen LogP contribution in [0.5, 0.6) is 0 Å². The summed E-state index contributed by atoms with van der Waals surface area (Å²) in [7, 11) is -3.36. The van der Waals surface area contributed by atoms with Crippen LogP contribution in [0.3, 0.4) is 0 Å². The lowest BCUT2D eigenvalue weighted by Gasteiger charge is -2.12. The van der Waals surface area contributed by atoms with Crippen LogP contribution in [0.1, 0.15) is 0 Å². The number of rotatable bonds is 3. The highest BCUT2D eigenvalue weighted by molar-refractivity contribution is 7.90. The average Bonchev–Trinajstić information content (AvgIpc) is 2.57. The minimum Gasteiger partial charge on any atom is -0.224 e. The molecule has 0 radical (unpaired) electrons. The van der Waals surface area contributed by atoms with E-state index in [1.54, 1.807) is 0 Å². The van der Waals surface area contributed by atoms with Gasteiger partial charge < -0.3 is 0 Å². The quantitative estimate of drug-likeness (QED) is 0.668. The zero-order valence-corrected chi connectivity index (χ0v) is 13.9. The zero-order chi connectivity index (χ0) is 18.2. The Morgan fingerprint density at radius 2 is 1.28 bits per heavy atom. The van der Waals surface area contributed by atoms with E-state index in [1.165, 1.54) is 42.5 Å². The molecule has 3 aromatic carbocycles. The molecule has 25 heavy (non-hydrogen) atoms. The number of halogens is 3. The molecule has 0 aliphatic carbocycles. The smallest absolute Gasteiger partial charge is 0.175 e. The third-order valence-electron chi connectivity index (χ3n) is 3.82. The second-order valence-corrected chi connectivity index (χ2v) is 7.60. The maximum atomic E-state index is 14.4. The van der Waals surface area contributed by atoms with Crippen LogP contribution in [0.2, 0.25) is 0 Å². The van der Waals surface area contributed by atoms with Gasteiger partial charge in [0.1, 0.15) is 5.82 Å². The molecule has 0 fully saturated rings. The van der Waals surface area contributed by atoms with Gasteiger partial charge >= 0.3 is 0 Å². The Morgan fingerprint density at radius 1 is 0.720 bits per heavy atom. The first-order valence-corrected chi connectivity index (χ1v) is 9.21. The molecule has 0 aromatic heterocycles. The third-order valence-corrected chi connectivity index (χ3v) is 4.95. The molecule has 0 atom stereocenters. The number of sulfone groups is 1. The van der Waals surface area contributed by atoms with E-state index in [4.69, 9.17) is 0 Å². The van der Waals surface area contributed by atoms with Crippen molar-refractivity contribution in [1.82, 2.24) is 0 Å². The summed E-state index contributed by atoms with van der Waals surface area (Å²) >= 11 is 0. The second kappa shape index (κ2) is 6.37. The number of hydrogen-bond donors (Lipinski definition) is 0. The highest BCUT2D eigenvalue weighted by Crippen LogP contribution is 2.35. The van der Waals surface area contributed by atoms with Crippen LogP contribution in [0, 0.1) is 17.5 Å². The van der Waals surface area contributed by atoms with Crippen molar-refractivity contribution in [2.24, 2.45) is 0 Å². The number of hydrogen-bond acceptors (Lipinski definition) is 2. The van der Waals surface area contributed by atoms with Gasteiger partial charge in [0.15, 0.2) is 21.5 Å². The first kappa shape index (κ1) is 17.2. The van der Waals surface area contributed by atoms with Crippen LogP contribution in [0.25, 0.3) is 22.3 Å². The summed E-state index contributed by atoms with van der Waals surface area (Å²) in [5, 5.41) is 0. The van der Waals surface area contributed by atoms with Gasteiger partial charge in [-0.05, 0) is 47.0 Å². The van der Waals surface area contributed by atoms with Gasteiger partial charge in [-0.3, -0.25) is 0 Å². The fourth-order valence-corrected chi connectivity index (χ4v) is 3.20. The van der Waals surface area contributed by atoms with E-state index >= 15 is 0 Å². The summed E-state index contributed by atoms with van der Waals surface area (Å²) < 4.78 is 64.4. The minimum absolute atomic E-state index is 0.00731. The predicted octanol–water partition coefficient (Wildman–Crippen LogP) is 4.84. The van der Waals surface area contributed by atoms with Crippen molar-refractivity contribution in [1.29, 1.82) is 0 Å². The van der Waals surface area contributed by atoms with E-state index < -0.39 is 27.3 Å². The lowest BCUT2D eigenvalue weighted by Crippen LogP contribution is -1.97. The minimum atomic E-state index is -3.36. The molecule has 3 rings (SSSR count). The Kier molecular flexibility index (Phi) is 4.39. The Labute approximate surface area is 143 Å². The van der Waals surface area contributed by atoms with Crippen molar-refractivity contribution in [3.05, 3.63) is 78.1 Å². The van der Waals surface area contributed by atoms with Crippen LogP contribution < -0.4 is 0 Å². The molecule has 0 N–H and O–H groups in total.